The molecule has 2 aromatic carbocycles. The van der Waals surface area contributed by atoms with E-state index in [9.17, 15) is 8.78 Å². The molecule has 1 unspecified atom stereocenters. The molecule has 0 amide bonds. The summed E-state index contributed by atoms with van der Waals surface area (Å²) in [4.78, 5) is 0. The number of hydrogen-bond donors (Lipinski definition) is 1. The highest BCUT2D eigenvalue weighted by atomic mass is 79.9. The number of nitrogens with two attached hydrogens (primary N) is 1. The van der Waals surface area contributed by atoms with Crippen LogP contribution in [0.5, 0.6) is 0 Å². The van der Waals surface area contributed by atoms with E-state index >= 15 is 0 Å². The zero-order valence-electron chi connectivity index (χ0n) is 11.0. The summed E-state index contributed by atoms with van der Waals surface area (Å²) in [5.41, 5.74) is 7.28. The lowest BCUT2D eigenvalue weighted by molar-refractivity contribution is 0.510. The zero-order valence-corrected chi connectivity index (χ0v) is 12.5. The van der Waals surface area contributed by atoms with E-state index in [0.29, 0.717) is 24.9 Å². The van der Waals surface area contributed by atoms with Gasteiger partial charge >= 0.3 is 0 Å². The second-order valence-electron chi connectivity index (χ2n) is 4.88. The highest BCUT2D eigenvalue weighted by molar-refractivity contribution is 9.10. The maximum atomic E-state index is 13.7. The standard InChI is InChI=1S/C16H16BrF2N/c17-14-4-5-16(19)13(9-14)7-12(10-20)6-11-2-1-3-15(18)8-11/h1-5,8-9,12H,6-7,10,20H2. The molecule has 0 aliphatic heterocycles. The molecule has 1 atom stereocenters. The lowest BCUT2D eigenvalue weighted by Crippen LogP contribution is -2.20. The number of rotatable bonds is 5. The molecule has 1 nitrogen and oxygen atoms in total. The van der Waals surface area contributed by atoms with Crippen molar-refractivity contribution in [2.24, 2.45) is 11.7 Å². The molecule has 2 rings (SSSR count). The van der Waals surface area contributed by atoms with Crippen LogP contribution in [0, 0.1) is 17.6 Å². The molecule has 0 aromatic heterocycles. The molecule has 0 radical (unpaired) electrons. The van der Waals surface area contributed by atoms with E-state index in [0.717, 1.165) is 10.0 Å². The fourth-order valence-electron chi connectivity index (χ4n) is 2.25. The van der Waals surface area contributed by atoms with Crippen molar-refractivity contribution in [3.8, 4) is 0 Å². The van der Waals surface area contributed by atoms with Gasteiger partial charge in [-0.1, -0.05) is 28.1 Å². The molecule has 20 heavy (non-hydrogen) atoms. The first-order valence-electron chi connectivity index (χ1n) is 6.47. The maximum Gasteiger partial charge on any atom is 0.126 e. The molecule has 106 valence electrons. The van der Waals surface area contributed by atoms with Crippen LogP contribution in [0.15, 0.2) is 46.9 Å². The van der Waals surface area contributed by atoms with Crippen LogP contribution < -0.4 is 5.73 Å². The highest BCUT2D eigenvalue weighted by Gasteiger charge is 2.13. The Morgan fingerprint density at radius 2 is 1.85 bits per heavy atom. The van der Waals surface area contributed by atoms with Gasteiger partial charge in [0.1, 0.15) is 11.6 Å². The molecule has 0 aliphatic carbocycles. The van der Waals surface area contributed by atoms with Gasteiger partial charge in [0.2, 0.25) is 0 Å². The van der Waals surface area contributed by atoms with Crippen molar-refractivity contribution >= 4 is 15.9 Å². The summed E-state index contributed by atoms with van der Waals surface area (Å²) in [6.45, 7) is 0.433. The van der Waals surface area contributed by atoms with Crippen molar-refractivity contribution in [1.82, 2.24) is 0 Å². The van der Waals surface area contributed by atoms with Crippen molar-refractivity contribution in [3.63, 3.8) is 0 Å². The molecular formula is C16H16BrF2N. The topological polar surface area (TPSA) is 26.0 Å². The van der Waals surface area contributed by atoms with E-state index in [2.05, 4.69) is 15.9 Å². The van der Waals surface area contributed by atoms with Gasteiger partial charge in [0.05, 0.1) is 0 Å². The summed E-state index contributed by atoms with van der Waals surface area (Å²) in [6, 6.07) is 11.3. The van der Waals surface area contributed by atoms with Gasteiger partial charge < -0.3 is 5.73 Å². The lowest BCUT2D eigenvalue weighted by Gasteiger charge is -2.15. The molecule has 0 bridgehead atoms. The van der Waals surface area contributed by atoms with Gasteiger partial charge in [-0.05, 0) is 66.8 Å². The monoisotopic (exact) mass is 339 g/mol. The normalized spacial score (nSPS) is 12.4. The largest absolute Gasteiger partial charge is 0.330 e. The summed E-state index contributed by atoms with van der Waals surface area (Å²) >= 11 is 3.34. The van der Waals surface area contributed by atoms with E-state index in [-0.39, 0.29) is 17.6 Å². The SMILES string of the molecule is NCC(Cc1cccc(F)c1)Cc1cc(Br)ccc1F. The molecule has 0 saturated heterocycles. The Morgan fingerprint density at radius 1 is 1.05 bits per heavy atom. The molecular weight excluding hydrogens is 324 g/mol. The summed E-state index contributed by atoms with van der Waals surface area (Å²) in [5.74, 6) is -0.404. The van der Waals surface area contributed by atoms with Crippen LogP contribution in [-0.4, -0.2) is 6.54 Å². The Labute approximate surface area is 125 Å². The minimum Gasteiger partial charge on any atom is -0.330 e. The van der Waals surface area contributed by atoms with Crippen LogP contribution in [-0.2, 0) is 12.8 Å². The number of halogens is 3. The second kappa shape index (κ2) is 6.95. The minimum absolute atomic E-state index is 0.0839. The molecule has 0 aliphatic rings. The number of benzene rings is 2. The quantitative estimate of drug-likeness (QED) is 0.872. The highest BCUT2D eigenvalue weighted by Crippen LogP contribution is 2.20. The van der Waals surface area contributed by atoms with Gasteiger partial charge in [0.25, 0.3) is 0 Å². The number of hydrogen-bond acceptors (Lipinski definition) is 1. The van der Waals surface area contributed by atoms with Crippen LogP contribution in [0.2, 0.25) is 0 Å². The van der Waals surface area contributed by atoms with Gasteiger partial charge in [-0.25, -0.2) is 8.78 Å². The lowest BCUT2D eigenvalue weighted by atomic mass is 9.92. The Balaban J connectivity index is 2.11. The first kappa shape index (κ1) is 15.1. The molecule has 0 spiro atoms. The van der Waals surface area contributed by atoms with E-state index in [4.69, 9.17) is 5.73 Å². The third-order valence-corrected chi connectivity index (χ3v) is 3.76. The first-order chi connectivity index (χ1) is 9.58. The summed E-state index contributed by atoms with van der Waals surface area (Å²) in [7, 11) is 0. The van der Waals surface area contributed by atoms with Crippen LogP contribution in [0.3, 0.4) is 0 Å². The molecule has 4 heteroatoms. The third-order valence-electron chi connectivity index (χ3n) is 3.26. The average molecular weight is 340 g/mol. The van der Waals surface area contributed by atoms with Crippen LogP contribution in [0.1, 0.15) is 11.1 Å². The van der Waals surface area contributed by atoms with Gasteiger partial charge in [0.15, 0.2) is 0 Å². The Hall–Kier alpha value is -1.26. The van der Waals surface area contributed by atoms with Gasteiger partial charge in [-0.3, -0.25) is 0 Å². The Kier molecular flexibility index (Phi) is 5.26. The van der Waals surface area contributed by atoms with Crippen LogP contribution >= 0.6 is 15.9 Å². The second-order valence-corrected chi connectivity index (χ2v) is 5.79. The Morgan fingerprint density at radius 3 is 2.55 bits per heavy atom. The van der Waals surface area contributed by atoms with Crippen molar-refractivity contribution in [3.05, 3.63) is 69.7 Å². The molecule has 0 saturated carbocycles. The van der Waals surface area contributed by atoms with Crippen molar-refractivity contribution < 1.29 is 8.78 Å². The van der Waals surface area contributed by atoms with Crippen LogP contribution in [0.25, 0.3) is 0 Å². The predicted molar refractivity (Wildman–Crippen MR) is 80.5 cm³/mol. The minimum atomic E-state index is -0.257. The van der Waals surface area contributed by atoms with E-state index < -0.39 is 0 Å². The van der Waals surface area contributed by atoms with Gasteiger partial charge in [0, 0.05) is 4.47 Å². The van der Waals surface area contributed by atoms with Crippen molar-refractivity contribution in [2.75, 3.05) is 6.54 Å². The zero-order chi connectivity index (χ0) is 14.5. The van der Waals surface area contributed by atoms with E-state index in [1.54, 1.807) is 18.2 Å². The molecule has 2 N–H and O–H groups in total. The van der Waals surface area contributed by atoms with E-state index in [1.807, 2.05) is 6.07 Å². The molecule has 0 heterocycles. The summed E-state index contributed by atoms with van der Waals surface area (Å²) < 4.78 is 27.8. The Bertz CT molecular complexity index is 586. The first-order valence-corrected chi connectivity index (χ1v) is 7.26. The van der Waals surface area contributed by atoms with Crippen LogP contribution in [0.4, 0.5) is 8.78 Å². The van der Waals surface area contributed by atoms with Gasteiger partial charge in [-0.2, -0.15) is 0 Å². The fourth-order valence-corrected chi connectivity index (χ4v) is 2.66. The van der Waals surface area contributed by atoms with Crippen molar-refractivity contribution in [1.29, 1.82) is 0 Å². The van der Waals surface area contributed by atoms with Crippen molar-refractivity contribution in [2.45, 2.75) is 12.8 Å². The summed E-state index contributed by atoms with van der Waals surface area (Å²) in [5, 5.41) is 0. The average Bonchev–Trinajstić information content (AvgIpc) is 2.42. The molecule has 2 aromatic rings. The van der Waals surface area contributed by atoms with E-state index in [1.165, 1.54) is 18.2 Å². The van der Waals surface area contributed by atoms with Gasteiger partial charge in [-0.15, -0.1) is 0 Å². The predicted octanol–water partition coefficient (Wildman–Crippen LogP) is 4.09. The molecule has 0 fully saturated rings. The third kappa shape index (κ3) is 4.12. The fraction of sp³-hybridized carbons (Fsp3) is 0.250. The maximum absolute atomic E-state index is 13.7. The summed E-state index contributed by atoms with van der Waals surface area (Å²) in [6.07, 6.45) is 1.18. The smallest absolute Gasteiger partial charge is 0.126 e.